The molecule has 0 radical (unpaired) electrons. The molecule has 78 valence electrons. The highest BCUT2D eigenvalue weighted by molar-refractivity contribution is 5.69. The predicted octanol–water partition coefficient (Wildman–Crippen LogP) is -0.790. The number of nitrogens with zero attached hydrogens (tertiary/aromatic N) is 4. The van der Waals surface area contributed by atoms with E-state index >= 15 is 0 Å². The molecule has 0 saturated carbocycles. The summed E-state index contributed by atoms with van der Waals surface area (Å²) in [5, 5.41) is 12.6. The molecule has 0 spiro atoms. The summed E-state index contributed by atoms with van der Waals surface area (Å²) in [5.41, 5.74) is 6.23. The van der Waals surface area contributed by atoms with Crippen LogP contribution in [0.25, 0.3) is 5.78 Å². The van der Waals surface area contributed by atoms with Crippen LogP contribution in [0.2, 0.25) is 0 Å². The third-order valence-electron chi connectivity index (χ3n) is 1.88. The number of rotatable bonds is 3. The first-order valence-corrected chi connectivity index (χ1v) is 4.32. The lowest BCUT2D eigenvalue weighted by Gasteiger charge is -1.97. The molecule has 2 rings (SSSR count). The van der Waals surface area contributed by atoms with Crippen LogP contribution in [0.1, 0.15) is 11.5 Å². The van der Waals surface area contributed by atoms with Crippen molar-refractivity contribution >= 4 is 11.7 Å². The van der Waals surface area contributed by atoms with Gasteiger partial charge in [0.25, 0.3) is 5.78 Å². The zero-order chi connectivity index (χ0) is 10.8. The fraction of sp³-hybridized carbons (Fsp3) is 0.250. The van der Waals surface area contributed by atoms with E-state index in [9.17, 15) is 4.79 Å². The number of hydrogen-bond acceptors (Lipinski definition) is 5. The third kappa shape index (κ3) is 1.77. The molecular formula is C8H9N5O2. The Balaban J connectivity index is 2.50. The van der Waals surface area contributed by atoms with E-state index in [4.69, 9.17) is 10.8 Å². The molecule has 7 nitrogen and oxygen atoms in total. The first-order valence-electron chi connectivity index (χ1n) is 4.32. The zero-order valence-corrected chi connectivity index (χ0v) is 7.79. The Morgan fingerprint density at radius 3 is 3.07 bits per heavy atom. The highest BCUT2D eigenvalue weighted by Gasteiger charge is 2.09. The van der Waals surface area contributed by atoms with Crippen molar-refractivity contribution in [1.82, 2.24) is 19.6 Å². The molecule has 0 bridgehead atoms. The van der Waals surface area contributed by atoms with Crippen molar-refractivity contribution in [3.8, 4) is 0 Å². The zero-order valence-electron chi connectivity index (χ0n) is 7.79. The maximum absolute atomic E-state index is 10.5. The summed E-state index contributed by atoms with van der Waals surface area (Å²) in [6.45, 7) is 0.300. The average Bonchev–Trinajstić information content (AvgIpc) is 2.58. The molecule has 0 atom stereocenters. The van der Waals surface area contributed by atoms with Gasteiger partial charge in [-0.1, -0.05) is 0 Å². The van der Waals surface area contributed by atoms with E-state index in [1.54, 1.807) is 12.3 Å². The van der Waals surface area contributed by atoms with Gasteiger partial charge >= 0.3 is 5.97 Å². The van der Waals surface area contributed by atoms with Crippen molar-refractivity contribution < 1.29 is 9.90 Å². The summed E-state index contributed by atoms with van der Waals surface area (Å²) in [7, 11) is 0. The topological polar surface area (TPSA) is 106 Å². The van der Waals surface area contributed by atoms with E-state index in [0.29, 0.717) is 12.3 Å². The van der Waals surface area contributed by atoms with Crippen molar-refractivity contribution in [2.24, 2.45) is 5.73 Å². The van der Waals surface area contributed by atoms with Gasteiger partial charge in [0.2, 0.25) is 0 Å². The summed E-state index contributed by atoms with van der Waals surface area (Å²) in [4.78, 5) is 18.4. The summed E-state index contributed by atoms with van der Waals surface area (Å²) in [6.07, 6.45) is 1.35. The van der Waals surface area contributed by atoms with Crippen LogP contribution < -0.4 is 5.73 Å². The van der Waals surface area contributed by atoms with Gasteiger partial charge in [-0.15, -0.1) is 5.10 Å². The quantitative estimate of drug-likeness (QED) is 0.683. The lowest BCUT2D eigenvalue weighted by atomic mass is 10.4. The minimum atomic E-state index is -0.972. The predicted molar refractivity (Wildman–Crippen MR) is 50.0 cm³/mol. The van der Waals surface area contributed by atoms with Gasteiger partial charge < -0.3 is 10.8 Å². The Morgan fingerprint density at radius 2 is 2.40 bits per heavy atom. The monoisotopic (exact) mass is 207 g/mol. The van der Waals surface area contributed by atoms with E-state index in [2.05, 4.69) is 15.1 Å². The minimum Gasteiger partial charge on any atom is -0.481 e. The van der Waals surface area contributed by atoms with Crippen LogP contribution in [0.15, 0.2) is 12.3 Å². The lowest BCUT2D eigenvalue weighted by molar-refractivity contribution is -0.136. The van der Waals surface area contributed by atoms with Gasteiger partial charge in [-0.2, -0.15) is 9.50 Å². The number of aliphatic carboxylic acids is 1. The number of carboxylic acid groups (broad SMARTS) is 1. The van der Waals surface area contributed by atoms with Crippen LogP contribution in [0.3, 0.4) is 0 Å². The summed E-state index contributed by atoms with van der Waals surface area (Å²) in [6, 6.07) is 1.71. The molecule has 2 aromatic heterocycles. The van der Waals surface area contributed by atoms with Crippen molar-refractivity contribution in [3.63, 3.8) is 0 Å². The fourth-order valence-corrected chi connectivity index (χ4v) is 1.25. The molecule has 0 unspecified atom stereocenters. The molecule has 2 aromatic rings. The molecule has 7 heteroatoms. The number of aromatic nitrogens is 4. The van der Waals surface area contributed by atoms with E-state index in [1.165, 1.54) is 4.52 Å². The molecule has 0 fully saturated rings. The van der Waals surface area contributed by atoms with Gasteiger partial charge in [0, 0.05) is 12.7 Å². The molecule has 0 saturated heterocycles. The van der Waals surface area contributed by atoms with Gasteiger partial charge in [0.1, 0.15) is 6.42 Å². The van der Waals surface area contributed by atoms with Crippen molar-refractivity contribution in [2.45, 2.75) is 13.0 Å². The maximum Gasteiger partial charge on any atom is 0.311 e. The smallest absolute Gasteiger partial charge is 0.311 e. The Hall–Kier alpha value is -2.02. The Labute approximate surface area is 84.6 Å². The highest BCUT2D eigenvalue weighted by atomic mass is 16.4. The Morgan fingerprint density at radius 1 is 1.60 bits per heavy atom. The number of fused-ring (bicyclic) bond motifs is 1. The maximum atomic E-state index is 10.5. The molecule has 0 aliphatic rings. The third-order valence-corrected chi connectivity index (χ3v) is 1.88. The number of hydrogen-bond donors (Lipinski definition) is 2. The van der Waals surface area contributed by atoms with Gasteiger partial charge in [0.05, 0.1) is 5.69 Å². The van der Waals surface area contributed by atoms with Gasteiger partial charge in [-0.25, -0.2) is 4.98 Å². The van der Waals surface area contributed by atoms with Crippen LogP contribution >= 0.6 is 0 Å². The largest absolute Gasteiger partial charge is 0.481 e. The van der Waals surface area contributed by atoms with E-state index < -0.39 is 5.97 Å². The average molecular weight is 207 g/mol. The number of carbonyl (C=O) groups is 1. The number of carboxylic acids is 1. The molecular weight excluding hydrogens is 198 g/mol. The second-order valence-electron chi connectivity index (χ2n) is 2.95. The standard InChI is InChI=1S/C8H9N5O2/c9-4-5-1-2-10-8-11-6(3-7(14)15)12-13(5)8/h1-2H,3-4,9H2,(H,14,15). The van der Waals surface area contributed by atoms with Gasteiger partial charge in [-0.05, 0) is 6.07 Å². The number of nitrogens with two attached hydrogens (primary N) is 1. The van der Waals surface area contributed by atoms with E-state index in [1.807, 2.05) is 0 Å². The molecule has 3 N–H and O–H groups in total. The second kappa shape index (κ2) is 3.62. The molecule has 0 aliphatic carbocycles. The van der Waals surface area contributed by atoms with Crippen LogP contribution in [0.4, 0.5) is 0 Å². The van der Waals surface area contributed by atoms with Crippen molar-refractivity contribution in [2.75, 3.05) is 0 Å². The van der Waals surface area contributed by atoms with E-state index in [-0.39, 0.29) is 12.2 Å². The van der Waals surface area contributed by atoms with Crippen molar-refractivity contribution in [1.29, 1.82) is 0 Å². The first kappa shape index (κ1) is 9.53. The van der Waals surface area contributed by atoms with Crippen LogP contribution in [0.5, 0.6) is 0 Å². The first-order chi connectivity index (χ1) is 7.20. The Kier molecular flexibility index (Phi) is 2.30. The molecule has 2 heterocycles. The lowest BCUT2D eigenvalue weighted by Crippen LogP contribution is -2.06. The molecule has 0 aromatic carbocycles. The van der Waals surface area contributed by atoms with Crippen molar-refractivity contribution in [3.05, 3.63) is 23.8 Å². The molecule has 15 heavy (non-hydrogen) atoms. The summed E-state index contributed by atoms with van der Waals surface area (Å²) < 4.78 is 1.46. The van der Waals surface area contributed by atoms with Gasteiger partial charge in [-0.3, -0.25) is 4.79 Å². The normalized spacial score (nSPS) is 10.7. The van der Waals surface area contributed by atoms with Crippen LogP contribution in [-0.4, -0.2) is 30.7 Å². The second-order valence-corrected chi connectivity index (χ2v) is 2.95. The SMILES string of the molecule is NCc1ccnc2nc(CC(=O)O)nn12. The molecule has 0 amide bonds. The highest BCUT2D eigenvalue weighted by Crippen LogP contribution is 2.02. The van der Waals surface area contributed by atoms with Crippen LogP contribution in [-0.2, 0) is 17.8 Å². The summed E-state index contributed by atoms with van der Waals surface area (Å²) >= 11 is 0. The fourth-order valence-electron chi connectivity index (χ4n) is 1.25. The summed E-state index contributed by atoms with van der Waals surface area (Å²) in [5.74, 6) is -0.370. The molecule has 0 aliphatic heterocycles. The Bertz CT molecular complexity index is 507. The van der Waals surface area contributed by atoms with E-state index in [0.717, 1.165) is 5.69 Å². The van der Waals surface area contributed by atoms with Crippen LogP contribution in [0, 0.1) is 0 Å². The minimum absolute atomic E-state index is 0.215. The van der Waals surface area contributed by atoms with Gasteiger partial charge in [0.15, 0.2) is 5.82 Å².